The van der Waals surface area contributed by atoms with E-state index in [4.69, 9.17) is 0 Å². The summed E-state index contributed by atoms with van der Waals surface area (Å²) in [5.41, 5.74) is 4.50. The molecule has 0 aliphatic heterocycles. The Hall–Kier alpha value is -2.10. The van der Waals surface area contributed by atoms with Crippen LogP contribution < -0.4 is 10.6 Å². The summed E-state index contributed by atoms with van der Waals surface area (Å²) in [4.78, 5) is 9.03. The molecule has 2 aromatic rings. The molecule has 0 amide bonds. The van der Waals surface area contributed by atoms with Crippen LogP contribution in [0.1, 0.15) is 37.1 Å². The largest absolute Gasteiger partial charge is 0.354 e. The van der Waals surface area contributed by atoms with Gasteiger partial charge in [-0.15, -0.1) is 0 Å². The number of para-hydroxylation sites is 1. The summed E-state index contributed by atoms with van der Waals surface area (Å²) < 4.78 is 0. The van der Waals surface area contributed by atoms with Crippen LogP contribution in [0.5, 0.6) is 0 Å². The highest BCUT2D eigenvalue weighted by Gasteiger charge is 2.06. The van der Waals surface area contributed by atoms with E-state index in [2.05, 4.69) is 66.5 Å². The standard InChI is InChI=1S/C18H26N4/c1-12(2)9-10-19-18-20-15(5)11-16(22-18)21-17-13(3)7-6-8-14(17)4/h6-8,11-12H,9-10H2,1-5H3,(H2,19,20,21,22). The number of nitrogens with zero attached hydrogens (tertiary/aromatic N) is 2. The summed E-state index contributed by atoms with van der Waals surface area (Å²) in [6, 6.07) is 8.25. The number of rotatable bonds is 6. The van der Waals surface area contributed by atoms with Gasteiger partial charge in [-0.05, 0) is 44.2 Å². The molecule has 22 heavy (non-hydrogen) atoms. The molecule has 0 fully saturated rings. The Morgan fingerprint density at radius 2 is 1.73 bits per heavy atom. The average molecular weight is 298 g/mol. The maximum Gasteiger partial charge on any atom is 0.224 e. The minimum absolute atomic E-state index is 0.671. The van der Waals surface area contributed by atoms with Crippen LogP contribution in [0, 0.1) is 26.7 Å². The Kier molecular flexibility index (Phi) is 5.36. The van der Waals surface area contributed by atoms with E-state index in [9.17, 15) is 0 Å². The summed E-state index contributed by atoms with van der Waals surface area (Å²) in [5, 5.41) is 6.74. The molecule has 118 valence electrons. The van der Waals surface area contributed by atoms with Gasteiger partial charge in [0.1, 0.15) is 5.82 Å². The number of nitrogens with one attached hydrogen (secondary N) is 2. The second-order valence-electron chi connectivity index (χ2n) is 6.22. The van der Waals surface area contributed by atoms with E-state index in [-0.39, 0.29) is 0 Å². The third-order valence-corrected chi connectivity index (χ3v) is 3.59. The van der Waals surface area contributed by atoms with Crippen molar-refractivity contribution >= 4 is 17.5 Å². The van der Waals surface area contributed by atoms with Crippen LogP contribution in [0.25, 0.3) is 0 Å². The third-order valence-electron chi connectivity index (χ3n) is 3.59. The van der Waals surface area contributed by atoms with Gasteiger partial charge in [0.15, 0.2) is 0 Å². The molecule has 0 saturated heterocycles. The van der Waals surface area contributed by atoms with E-state index in [0.29, 0.717) is 11.9 Å². The molecule has 0 aliphatic rings. The summed E-state index contributed by atoms with van der Waals surface area (Å²) in [7, 11) is 0. The molecule has 2 N–H and O–H groups in total. The van der Waals surface area contributed by atoms with Gasteiger partial charge in [-0.3, -0.25) is 0 Å². The second kappa shape index (κ2) is 7.25. The van der Waals surface area contributed by atoms with Crippen LogP contribution in [-0.2, 0) is 0 Å². The molecular weight excluding hydrogens is 272 g/mol. The number of aryl methyl sites for hydroxylation is 3. The average Bonchev–Trinajstić information content (AvgIpc) is 2.42. The minimum Gasteiger partial charge on any atom is -0.354 e. The van der Waals surface area contributed by atoms with Crippen LogP contribution in [0.2, 0.25) is 0 Å². The molecule has 1 heterocycles. The lowest BCUT2D eigenvalue weighted by molar-refractivity contribution is 0.606. The number of aromatic nitrogens is 2. The first kappa shape index (κ1) is 16.3. The summed E-state index contributed by atoms with van der Waals surface area (Å²) in [6.45, 7) is 11.5. The molecular formula is C18H26N4. The SMILES string of the molecule is Cc1cc(Nc2c(C)cccc2C)nc(NCCC(C)C)n1. The lowest BCUT2D eigenvalue weighted by Crippen LogP contribution is -2.09. The van der Waals surface area contributed by atoms with E-state index in [1.165, 1.54) is 11.1 Å². The Balaban J connectivity index is 2.16. The molecule has 1 aromatic carbocycles. The lowest BCUT2D eigenvalue weighted by atomic mass is 10.1. The molecule has 4 heteroatoms. The highest BCUT2D eigenvalue weighted by molar-refractivity contribution is 5.65. The topological polar surface area (TPSA) is 49.8 Å². The van der Waals surface area contributed by atoms with Gasteiger partial charge in [-0.1, -0.05) is 32.0 Å². The van der Waals surface area contributed by atoms with E-state index in [1.54, 1.807) is 0 Å². The van der Waals surface area contributed by atoms with Crippen molar-refractivity contribution in [2.75, 3.05) is 17.2 Å². The Labute approximate surface area is 133 Å². The first-order chi connectivity index (χ1) is 10.5. The highest BCUT2D eigenvalue weighted by Crippen LogP contribution is 2.24. The molecule has 0 saturated carbocycles. The van der Waals surface area contributed by atoms with Crippen molar-refractivity contribution in [3.05, 3.63) is 41.1 Å². The maximum absolute atomic E-state index is 4.57. The molecule has 0 aliphatic carbocycles. The van der Waals surface area contributed by atoms with Gasteiger partial charge in [0.05, 0.1) is 0 Å². The van der Waals surface area contributed by atoms with Crippen LogP contribution in [-0.4, -0.2) is 16.5 Å². The van der Waals surface area contributed by atoms with Crippen molar-refractivity contribution in [3.8, 4) is 0 Å². The Morgan fingerprint density at radius 1 is 1.05 bits per heavy atom. The molecule has 0 bridgehead atoms. The fraction of sp³-hybridized carbons (Fsp3) is 0.444. The van der Waals surface area contributed by atoms with E-state index in [1.807, 2.05) is 13.0 Å². The lowest BCUT2D eigenvalue weighted by Gasteiger charge is -2.14. The summed E-state index contributed by atoms with van der Waals surface area (Å²) in [6.07, 6.45) is 1.11. The predicted octanol–water partition coefficient (Wildman–Crippen LogP) is 4.60. The highest BCUT2D eigenvalue weighted by atomic mass is 15.1. The summed E-state index contributed by atoms with van der Waals surface area (Å²) >= 11 is 0. The summed E-state index contributed by atoms with van der Waals surface area (Å²) in [5.74, 6) is 2.19. The zero-order valence-electron chi connectivity index (χ0n) is 14.2. The van der Waals surface area contributed by atoms with Crippen LogP contribution in [0.4, 0.5) is 17.5 Å². The van der Waals surface area contributed by atoms with E-state index in [0.717, 1.165) is 30.2 Å². The Morgan fingerprint density at radius 3 is 2.36 bits per heavy atom. The van der Waals surface area contributed by atoms with Gasteiger partial charge in [0, 0.05) is 24.0 Å². The molecule has 0 radical (unpaired) electrons. The monoisotopic (exact) mass is 298 g/mol. The first-order valence-electron chi connectivity index (χ1n) is 7.88. The first-order valence-corrected chi connectivity index (χ1v) is 7.88. The normalized spacial score (nSPS) is 10.8. The molecule has 0 atom stereocenters. The molecule has 1 aromatic heterocycles. The van der Waals surface area contributed by atoms with E-state index >= 15 is 0 Å². The Bertz CT molecular complexity index is 615. The number of anilines is 3. The van der Waals surface area contributed by atoms with Crippen molar-refractivity contribution < 1.29 is 0 Å². The maximum atomic E-state index is 4.57. The zero-order chi connectivity index (χ0) is 16.1. The number of benzene rings is 1. The van der Waals surface area contributed by atoms with Gasteiger partial charge < -0.3 is 10.6 Å². The minimum atomic E-state index is 0.671. The van der Waals surface area contributed by atoms with Gasteiger partial charge in [-0.25, -0.2) is 4.98 Å². The zero-order valence-corrected chi connectivity index (χ0v) is 14.2. The molecule has 2 rings (SSSR count). The van der Waals surface area contributed by atoms with Crippen LogP contribution in [0.15, 0.2) is 24.3 Å². The number of hydrogen-bond acceptors (Lipinski definition) is 4. The third kappa shape index (κ3) is 4.45. The molecule has 0 unspecified atom stereocenters. The van der Waals surface area contributed by atoms with Crippen LogP contribution >= 0.6 is 0 Å². The van der Waals surface area contributed by atoms with Crippen molar-refractivity contribution in [1.29, 1.82) is 0 Å². The fourth-order valence-electron chi connectivity index (χ4n) is 2.32. The van der Waals surface area contributed by atoms with Crippen molar-refractivity contribution in [2.24, 2.45) is 5.92 Å². The van der Waals surface area contributed by atoms with Gasteiger partial charge >= 0.3 is 0 Å². The quantitative estimate of drug-likeness (QED) is 0.818. The predicted molar refractivity (Wildman–Crippen MR) is 93.9 cm³/mol. The van der Waals surface area contributed by atoms with Gasteiger partial charge in [0.2, 0.25) is 5.95 Å². The molecule has 4 nitrogen and oxygen atoms in total. The van der Waals surface area contributed by atoms with Crippen molar-refractivity contribution in [3.63, 3.8) is 0 Å². The smallest absolute Gasteiger partial charge is 0.224 e. The van der Waals surface area contributed by atoms with E-state index < -0.39 is 0 Å². The fourth-order valence-corrected chi connectivity index (χ4v) is 2.32. The molecule has 0 spiro atoms. The van der Waals surface area contributed by atoms with Gasteiger partial charge in [0.25, 0.3) is 0 Å². The second-order valence-corrected chi connectivity index (χ2v) is 6.22. The van der Waals surface area contributed by atoms with Gasteiger partial charge in [-0.2, -0.15) is 4.98 Å². The van der Waals surface area contributed by atoms with Crippen molar-refractivity contribution in [1.82, 2.24) is 9.97 Å². The number of hydrogen-bond donors (Lipinski definition) is 2. The van der Waals surface area contributed by atoms with Crippen LogP contribution in [0.3, 0.4) is 0 Å². The van der Waals surface area contributed by atoms with Crippen molar-refractivity contribution in [2.45, 2.75) is 41.0 Å².